The van der Waals surface area contributed by atoms with Gasteiger partial charge in [0.05, 0.1) is 6.67 Å². The lowest BCUT2D eigenvalue weighted by atomic mass is 10.3. The smallest absolute Gasteiger partial charge is 0.172 e. The number of carbonyl (C=O) groups is 1. The van der Waals surface area contributed by atoms with Crippen molar-refractivity contribution in [3.63, 3.8) is 0 Å². The molecule has 96 valence electrons. The van der Waals surface area contributed by atoms with Crippen molar-refractivity contribution in [1.82, 2.24) is 5.32 Å². The third-order valence-corrected chi connectivity index (χ3v) is 2.67. The molecule has 17 heavy (non-hydrogen) atoms. The zero-order valence-corrected chi connectivity index (χ0v) is 10.5. The molecule has 2 rings (SSSR count). The second kappa shape index (κ2) is 8.03. The average Bonchev–Trinajstić information content (AvgIpc) is 2.78. The van der Waals surface area contributed by atoms with Crippen LogP contribution in [0.15, 0.2) is 10.8 Å². The first kappa shape index (κ1) is 13.9. The van der Waals surface area contributed by atoms with Crippen molar-refractivity contribution in [1.29, 1.82) is 0 Å². The second-order valence-electron chi connectivity index (χ2n) is 3.35. The van der Waals surface area contributed by atoms with Crippen LogP contribution in [-0.4, -0.2) is 39.3 Å². The van der Waals surface area contributed by atoms with Crippen molar-refractivity contribution in [2.75, 3.05) is 26.9 Å². The summed E-state index contributed by atoms with van der Waals surface area (Å²) in [5, 5.41) is 6.99. The lowest BCUT2D eigenvalue weighted by Gasteiger charge is -2.23. The van der Waals surface area contributed by atoms with Crippen LogP contribution in [0.5, 0.6) is 11.5 Å². The minimum atomic E-state index is -0.524. The molecular weight excluding hydrogens is 245 g/mol. The number of halogens is 1. The van der Waals surface area contributed by atoms with Crippen LogP contribution in [0, 0.1) is 0 Å². The Morgan fingerprint density at radius 1 is 1.59 bits per heavy atom. The number of nitrogens with one attached hydrogen (secondary N) is 1. The van der Waals surface area contributed by atoms with Crippen LogP contribution in [-0.2, 0) is 4.79 Å². The number of rotatable bonds is 4. The van der Waals surface area contributed by atoms with E-state index < -0.39 is 6.67 Å². The first-order valence-electron chi connectivity index (χ1n) is 5.31. The third kappa shape index (κ3) is 4.70. The molecule has 1 aromatic heterocycles. The van der Waals surface area contributed by atoms with Crippen molar-refractivity contribution >= 4 is 17.6 Å². The summed E-state index contributed by atoms with van der Waals surface area (Å²) in [6.45, 7) is 0.948. The maximum Gasteiger partial charge on any atom is 0.172 e. The molecule has 0 fully saturated rings. The predicted molar refractivity (Wildman–Crippen MR) is 64.8 cm³/mol. The Balaban J connectivity index is 0.000000249. The Morgan fingerprint density at radius 3 is 2.94 bits per heavy atom. The van der Waals surface area contributed by atoms with E-state index in [2.05, 4.69) is 5.32 Å². The lowest BCUT2D eigenvalue weighted by Crippen LogP contribution is -2.36. The quantitative estimate of drug-likeness (QED) is 0.837. The van der Waals surface area contributed by atoms with Crippen molar-refractivity contribution in [3.05, 3.63) is 10.8 Å². The zero-order chi connectivity index (χ0) is 12.5. The molecule has 0 amide bonds. The standard InChI is InChI=1S/C8H11NO2S.C3H5FO/c1-9-2-6-3-10-7-4-12-5-8(7)11-6;4-2-1-3-5/h4-6,9H,2-3H2,1H3;3H,1-2H2. The molecule has 1 N–H and O–H groups in total. The molecule has 1 atom stereocenters. The summed E-state index contributed by atoms with van der Waals surface area (Å²) in [7, 11) is 1.91. The number of aldehydes is 1. The van der Waals surface area contributed by atoms with Crippen LogP contribution in [0.2, 0.25) is 0 Å². The number of hydrogen-bond acceptors (Lipinski definition) is 5. The summed E-state index contributed by atoms with van der Waals surface area (Å²) in [6.07, 6.45) is 0.747. The Bertz CT molecular complexity index is 332. The average molecular weight is 261 g/mol. The summed E-state index contributed by atoms with van der Waals surface area (Å²) < 4.78 is 21.9. The van der Waals surface area contributed by atoms with Gasteiger partial charge >= 0.3 is 0 Å². The Labute approximate surface area is 104 Å². The van der Waals surface area contributed by atoms with E-state index in [0.29, 0.717) is 12.9 Å². The number of thiophene rings is 1. The van der Waals surface area contributed by atoms with Crippen molar-refractivity contribution in [2.24, 2.45) is 0 Å². The molecule has 0 aliphatic carbocycles. The first-order chi connectivity index (χ1) is 8.31. The topological polar surface area (TPSA) is 47.6 Å². The fraction of sp³-hybridized carbons (Fsp3) is 0.545. The van der Waals surface area contributed by atoms with Crippen LogP contribution in [0.3, 0.4) is 0 Å². The highest BCUT2D eigenvalue weighted by molar-refractivity contribution is 7.08. The van der Waals surface area contributed by atoms with Crippen molar-refractivity contribution in [3.8, 4) is 11.5 Å². The largest absolute Gasteiger partial charge is 0.485 e. The first-order valence-corrected chi connectivity index (χ1v) is 6.26. The van der Waals surface area contributed by atoms with Gasteiger partial charge in [-0.2, -0.15) is 0 Å². The number of ether oxygens (including phenoxy) is 2. The highest BCUT2D eigenvalue weighted by Crippen LogP contribution is 2.34. The van der Waals surface area contributed by atoms with Gasteiger partial charge in [-0.25, -0.2) is 0 Å². The van der Waals surface area contributed by atoms with Crippen LogP contribution < -0.4 is 14.8 Å². The predicted octanol–water partition coefficient (Wildman–Crippen LogP) is 1.65. The molecule has 0 aromatic carbocycles. The fourth-order valence-electron chi connectivity index (χ4n) is 1.23. The summed E-state index contributed by atoms with van der Waals surface area (Å²) in [5.74, 6) is 1.76. The van der Waals surface area contributed by atoms with E-state index >= 15 is 0 Å². The monoisotopic (exact) mass is 261 g/mol. The Kier molecular flexibility index (Phi) is 6.57. The van der Waals surface area contributed by atoms with Crippen molar-refractivity contribution in [2.45, 2.75) is 12.5 Å². The summed E-state index contributed by atoms with van der Waals surface area (Å²) in [6, 6.07) is 0. The third-order valence-electron chi connectivity index (χ3n) is 1.97. The van der Waals surface area contributed by atoms with Crippen LogP contribution in [0.4, 0.5) is 4.39 Å². The molecule has 0 radical (unpaired) electrons. The number of fused-ring (bicyclic) bond motifs is 1. The van der Waals surface area contributed by atoms with E-state index in [1.165, 1.54) is 0 Å². The highest BCUT2D eigenvalue weighted by atomic mass is 32.1. The van der Waals surface area contributed by atoms with Gasteiger partial charge in [-0.1, -0.05) is 0 Å². The summed E-state index contributed by atoms with van der Waals surface area (Å²) in [4.78, 5) is 9.16. The van der Waals surface area contributed by atoms with E-state index in [1.54, 1.807) is 11.3 Å². The van der Waals surface area contributed by atoms with E-state index in [1.807, 2.05) is 17.8 Å². The van der Waals surface area contributed by atoms with Crippen LogP contribution >= 0.6 is 11.3 Å². The fourth-order valence-corrected chi connectivity index (χ4v) is 1.91. The van der Waals surface area contributed by atoms with Gasteiger partial charge in [0.1, 0.15) is 19.0 Å². The molecule has 1 aliphatic heterocycles. The molecule has 0 spiro atoms. The molecule has 0 bridgehead atoms. The Hall–Kier alpha value is -1.14. The van der Waals surface area contributed by atoms with Gasteiger partial charge in [-0.3, -0.25) is 4.39 Å². The van der Waals surface area contributed by atoms with E-state index in [-0.39, 0.29) is 12.5 Å². The molecule has 1 unspecified atom stereocenters. The minimum absolute atomic E-state index is 0.0417. The maximum absolute atomic E-state index is 10.8. The van der Waals surface area contributed by atoms with Gasteiger partial charge in [-0.15, -0.1) is 11.3 Å². The van der Waals surface area contributed by atoms with E-state index in [0.717, 1.165) is 18.0 Å². The summed E-state index contributed by atoms with van der Waals surface area (Å²) in [5.41, 5.74) is 0. The molecule has 6 heteroatoms. The van der Waals surface area contributed by atoms with Gasteiger partial charge in [0.2, 0.25) is 0 Å². The number of alkyl halides is 1. The number of carbonyl (C=O) groups excluding carboxylic acids is 1. The molecule has 2 heterocycles. The van der Waals surface area contributed by atoms with Gasteiger partial charge in [0.15, 0.2) is 11.5 Å². The van der Waals surface area contributed by atoms with Gasteiger partial charge in [0, 0.05) is 23.7 Å². The Morgan fingerprint density at radius 2 is 2.35 bits per heavy atom. The lowest BCUT2D eigenvalue weighted by molar-refractivity contribution is -0.108. The van der Waals surface area contributed by atoms with E-state index in [4.69, 9.17) is 14.3 Å². The van der Waals surface area contributed by atoms with E-state index in [9.17, 15) is 4.39 Å². The molecular formula is C11H16FNO3S. The van der Waals surface area contributed by atoms with Crippen molar-refractivity contribution < 1.29 is 18.7 Å². The molecule has 0 saturated carbocycles. The van der Waals surface area contributed by atoms with Crippen LogP contribution in [0.1, 0.15) is 6.42 Å². The van der Waals surface area contributed by atoms with Crippen LogP contribution in [0.25, 0.3) is 0 Å². The zero-order valence-electron chi connectivity index (χ0n) is 9.65. The maximum atomic E-state index is 10.8. The normalized spacial score (nSPS) is 16.9. The second-order valence-corrected chi connectivity index (χ2v) is 4.10. The van der Waals surface area contributed by atoms with Gasteiger partial charge in [-0.05, 0) is 7.05 Å². The SMILES string of the molecule is CNCC1COc2cscc2O1.O=CCCF. The molecule has 4 nitrogen and oxygen atoms in total. The van der Waals surface area contributed by atoms with Gasteiger partial charge < -0.3 is 19.6 Å². The molecule has 0 saturated heterocycles. The minimum Gasteiger partial charge on any atom is -0.485 e. The highest BCUT2D eigenvalue weighted by Gasteiger charge is 2.20. The number of likely N-dealkylation sites (N-methyl/N-ethyl adjacent to an activating group) is 1. The summed E-state index contributed by atoms with van der Waals surface area (Å²) >= 11 is 1.61. The molecule has 1 aliphatic rings. The molecule has 1 aromatic rings. The van der Waals surface area contributed by atoms with Gasteiger partial charge in [0.25, 0.3) is 0 Å². The number of hydrogen-bond donors (Lipinski definition) is 1.